The van der Waals surface area contributed by atoms with Crippen molar-refractivity contribution < 1.29 is 0 Å². The quantitative estimate of drug-likeness (QED) is 0.574. The van der Waals surface area contributed by atoms with Crippen LogP contribution in [-0.2, 0) is 0 Å². The van der Waals surface area contributed by atoms with E-state index in [0.29, 0.717) is 5.69 Å². The van der Waals surface area contributed by atoms with Gasteiger partial charge in [-0.2, -0.15) is 5.10 Å². The van der Waals surface area contributed by atoms with E-state index in [0.717, 1.165) is 5.56 Å². The Kier molecular flexibility index (Phi) is 2.49. The van der Waals surface area contributed by atoms with E-state index < -0.39 is 0 Å². The summed E-state index contributed by atoms with van der Waals surface area (Å²) < 4.78 is 0. The zero-order valence-corrected chi connectivity index (χ0v) is 7.38. The molecular weight excluding hydrogens is 174 g/mol. The molecule has 0 saturated heterocycles. The van der Waals surface area contributed by atoms with Crippen molar-refractivity contribution in [3.05, 3.63) is 54.1 Å². The van der Waals surface area contributed by atoms with Crippen LogP contribution in [0.3, 0.4) is 0 Å². The van der Waals surface area contributed by atoms with Crippen molar-refractivity contribution in [2.75, 3.05) is 0 Å². The van der Waals surface area contributed by atoms with Gasteiger partial charge in [0, 0.05) is 5.56 Å². The minimum atomic E-state index is 0.629. The van der Waals surface area contributed by atoms with Crippen LogP contribution in [-0.4, -0.2) is 15.2 Å². The molecule has 0 N–H and O–H groups in total. The van der Waals surface area contributed by atoms with E-state index in [1.807, 2.05) is 30.3 Å². The third kappa shape index (κ3) is 2.14. The molecule has 2 rings (SSSR count). The number of benzene rings is 1. The third-order valence-corrected chi connectivity index (χ3v) is 1.60. The van der Waals surface area contributed by atoms with E-state index in [-0.39, 0.29) is 0 Å². The van der Waals surface area contributed by atoms with Gasteiger partial charge in [-0.3, -0.25) is 0 Å². The second-order valence-electron chi connectivity index (χ2n) is 2.61. The standard InChI is InChI=1S/C11H7N3/c1-2-4-10(5-3-1)6-7-11-8-13-14-9-12-11/h1-5,8-9H. The van der Waals surface area contributed by atoms with E-state index in [1.54, 1.807) is 0 Å². The Morgan fingerprint density at radius 1 is 0.929 bits per heavy atom. The maximum atomic E-state index is 3.95. The van der Waals surface area contributed by atoms with Gasteiger partial charge in [0.25, 0.3) is 0 Å². The fourth-order valence-corrected chi connectivity index (χ4v) is 0.961. The predicted octanol–water partition coefficient (Wildman–Crippen LogP) is 1.27. The topological polar surface area (TPSA) is 38.7 Å². The average Bonchev–Trinajstić information content (AvgIpc) is 2.29. The van der Waals surface area contributed by atoms with Crippen molar-refractivity contribution >= 4 is 0 Å². The Labute approximate surface area is 81.8 Å². The smallest absolute Gasteiger partial charge is 0.139 e. The average molecular weight is 181 g/mol. The summed E-state index contributed by atoms with van der Waals surface area (Å²) in [5.41, 5.74) is 1.59. The maximum absolute atomic E-state index is 3.95. The molecule has 0 radical (unpaired) electrons. The lowest BCUT2D eigenvalue weighted by Crippen LogP contribution is -1.86. The zero-order chi connectivity index (χ0) is 9.64. The normalized spacial score (nSPS) is 8.86. The largest absolute Gasteiger partial charge is 0.224 e. The van der Waals surface area contributed by atoms with E-state index in [1.165, 1.54) is 12.5 Å². The summed E-state index contributed by atoms with van der Waals surface area (Å²) in [5.74, 6) is 5.88. The maximum Gasteiger partial charge on any atom is 0.139 e. The SMILES string of the molecule is C(#Cc1cnncn1)c1ccccc1. The van der Waals surface area contributed by atoms with Crippen LogP contribution in [0.2, 0.25) is 0 Å². The Hall–Kier alpha value is -2.21. The van der Waals surface area contributed by atoms with Crippen LogP contribution in [0.4, 0.5) is 0 Å². The molecule has 0 aliphatic rings. The van der Waals surface area contributed by atoms with Gasteiger partial charge in [0.15, 0.2) is 0 Å². The van der Waals surface area contributed by atoms with Gasteiger partial charge >= 0.3 is 0 Å². The molecule has 0 bridgehead atoms. The molecule has 0 atom stereocenters. The van der Waals surface area contributed by atoms with Crippen LogP contribution in [0.1, 0.15) is 11.3 Å². The molecule has 1 aromatic carbocycles. The Morgan fingerprint density at radius 3 is 2.50 bits per heavy atom. The molecule has 0 aliphatic heterocycles. The predicted molar refractivity (Wildman–Crippen MR) is 52.2 cm³/mol. The number of nitrogens with zero attached hydrogens (tertiary/aromatic N) is 3. The number of hydrogen-bond donors (Lipinski definition) is 0. The van der Waals surface area contributed by atoms with Crippen LogP contribution in [0.15, 0.2) is 42.9 Å². The van der Waals surface area contributed by atoms with E-state index in [9.17, 15) is 0 Å². The molecule has 0 aliphatic carbocycles. The minimum absolute atomic E-state index is 0.629. The van der Waals surface area contributed by atoms with Crippen molar-refractivity contribution in [3.63, 3.8) is 0 Å². The molecule has 14 heavy (non-hydrogen) atoms. The van der Waals surface area contributed by atoms with Gasteiger partial charge in [-0.05, 0) is 18.1 Å². The lowest BCUT2D eigenvalue weighted by Gasteiger charge is -1.86. The van der Waals surface area contributed by atoms with Crippen molar-refractivity contribution in [3.8, 4) is 11.8 Å². The monoisotopic (exact) mass is 181 g/mol. The highest BCUT2D eigenvalue weighted by Gasteiger charge is 1.85. The highest BCUT2D eigenvalue weighted by molar-refractivity contribution is 5.38. The zero-order valence-electron chi connectivity index (χ0n) is 7.38. The van der Waals surface area contributed by atoms with Crippen molar-refractivity contribution in [1.82, 2.24) is 15.2 Å². The molecule has 3 nitrogen and oxygen atoms in total. The number of aromatic nitrogens is 3. The Balaban J connectivity index is 2.24. The molecule has 0 saturated carbocycles. The third-order valence-electron chi connectivity index (χ3n) is 1.60. The van der Waals surface area contributed by atoms with Gasteiger partial charge in [-0.15, -0.1) is 5.10 Å². The molecular formula is C11H7N3. The van der Waals surface area contributed by atoms with Gasteiger partial charge in [0.1, 0.15) is 12.0 Å². The molecule has 1 heterocycles. The summed E-state index contributed by atoms with van der Waals surface area (Å²) in [6.45, 7) is 0. The van der Waals surface area contributed by atoms with Gasteiger partial charge in [0.05, 0.1) is 6.20 Å². The van der Waals surface area contributed by atoms with E-state index >= 15 is 0 Å². The first-order chi connectivity index (χ1) is 6.95. The van der Waals surface area contributed by atoms with Gasteiger partial charge in [-0.1, -0.05) is 24.1 Å². The van der Waals surface area contributed by atoms with E-state index in [2.05, 4.69) is 27.0 Å². The van der Waals surface area contributed by atoms with Crippen LogP contribution in [0.25, 0.3) is 0 Å². The second kappa shape index (κ2) is 4.15. The van der Waals surface area contributed by atoms with Crippen LogP contribution < -0.4 is 0 Å². The van der Waals surface area contributed by atoms with Gasteiger partial charge in [-0.25, -0.2) is 4.98 Å². The van der Waals surface area contributed by atoms with Gasteiger partial charge < -0.3 is 0 Å². The van der Waals surface area contributed by atoms with Crippen molar-refractivity contribution in [2.24, 2.45) is 0 Å². The Morgan fingerprint density at radius 2 is 1.79 bits per heavy atom. The molecule has 0 spiro atoms. The minimum Gasteiger partial charge on any atom is -0.224 e. The molecule has 0 fully saturated rings. The summed E-state index contributed by atoms with van der Waals surface area (Å²) in [6.07, 6.45) is 2.92. The first kappa shape index (κ1) is 8.39. The van der Waals surface area contributed by atoms with E-state index in [4.69, 9.17) is 0 Å². The number of hydrogen-bond acceptors (Lipinski definition) is 3. The van der Waals surface area contributed by atoms with Crippen molar-refractivity contribution in [2.45, 2.75) is 0 Å². The summed E-state index contributed by atoms with van der Waals surface area (Å²) in [6, 6.07) is 9.74. The summed E-state index contributed by atoms with van der Waals surface area (Å²) in [4.78, 5) is 3.95. The van der Waals surface area contributed by atoms with Crippen molar-refractivity contribution in [1.29, 1.82) is 0 Å². The molecule has 0 amide bonds. The summed E-state index contributed by atoms with van der Waals surface area (Å²) in [7, 11) is 0. The summed E-state index contributed by atoms with van der Waals surface area (Å²) >= 11 is 0. The fraction of sp³-hybridized carbons (Fsp3) is 0. The van der Waals surface area contributed by atoms with Crippen LogP contribution >= 0.6 is 0 Å². The first-order valence-electron chi connectivity index (χ1n) is 4.15. The molecule has 0 unspecified atom stereocenters. The van der Waals surface area contributed by atoms with Crippen LogP contribution in [0.5, 0.6) is 0 Å². The lowest BCUT2D eigenvalue weighted by atomic mass is 10.2. The molecule has 2 aromatic rings. The highest BCUT2D eigenvalue weighted by atomic mass is 15.1. The van der Waals surface area contributed by atoms with Crippen LogP contribution in [0, 0.1) is 11.8 Å². The lowest BCUT2D eigenvalue weighted by molar-refractivity contribution is 0.959. The highest BCUT2D eigenvalue weighted by Crippen LogP contribution is 1.95. The van der Waals surface area contributed by atoms with Gasteiger partial charge in [0.2, 0.25) is 0 Å². The molecule has 66 valence electrons. The fourth-order valence-electron chi connectivity index (χ4n) is 0.961. The molecule has 3 heteroatoms. The summed E-state index contributed by atoms with van der Waals surface area (Å²) in [5, 5.41) is 7.25. The second-order valence-corrected chi connectivity index (χ2v) is 2.61. The number of rotatable bonds is 0. The molecule has 1 aromatic heterocycles. The Bertz CT molecular complexity index is 411. The first-order valence-corrected chi connectivity index (χ1v) is 4.15.